The number of nitrogens with zero attached hydrogens (tertiary/aromatic N) is 2. The Morgan fingerprint density at radius 1 is 1.28 bits per heavy atom. The van der Waals surface area contributed by atoms with Crippen LogP contribution in [0.4, 0.5) is 0 Å². The van der Waals surface area contributed by atoms with Crippen LogP contribution >= 0.6 is 0 Å². The van der Waals surface area contributed by atoms with Crippen LogP contribution in [-0.2, 0) is 9.59 Å². The average Bonchev–Trinajstić information content (AvgIpc) is 2.64. The summed E-state index contributed by atoms with van der Waals surface area (Å²) in [5.41, 5.74) is 0.959. The van der Waals surface area contributed by atoms with E-state index >= 15 is 0 Å². The number of likely N-dealkylation sites (tertiary alicyclic amines) is 1. The number of hydrogen-bond acceptors (Lipinski definition) is 4. The van der Waals surface area contributed by atoms with Gasteiger partial charge in [-0.25, -0.2) is 0 Å². The molecule has 1 heterocycles. The Morgan fingerprint density at radius 3 is 2.44 bits per heavy atom. The van der Waals surface area contributed by atoms with Gasteiger partial charge in [-0.05, 0) is 18.3 Å². The lowest BCUT2D eigenvalue weighted by Gasteiger charge is -2.30. The van der Waals surface area contributed by atoms with Gasteiger partial charge in [0.1, 0.15) is 6.54 Å². The summed E-state index contributed by atoms with van der Waals surface area (Å²) in [6.45, 7) is 4.94. The molecule has 2 aliphatic rings. The maximum absolute atomic E-state index is 12.2. The topological polar surface area (TPSA) is 61.2 Å². The molecule has 2 fully saturated rings. The van der Waals surface area contributed by atoms with Crippen LogP contribution in [0.15, 0.2) is 11.3 Å². The van der Waals surface area contributed by atoms with Crippen LogP contribution < -0.4 is 0 Å². The zero-order chi connectivity index (χ0) is 13.3. The van der Waals surface area contributed by atoms with Gasteiger partial charge in [0.15, 0.2) is 11.6 Å². The first-order valence-corrected chi connectivity index (χ1v) is 6.36. The van der Waals surface area contributed by atoms with Gasteiger partial charge in [0.25, 0.3) is 0 Å². The minimum Gasteiger partial charge on any atom is -0.361 e. The lowest BCUT2D eigenvalue weighted by atomic mass is 9.73. The first-order chi connectivity index (χ1) is 8.44. The third-order valence-corrected chi connectivity index (χ3v) is 3.61. The van der Waals surface area contributed by atoms with Crippen molar-refractivity contribution in [2.24, 2.45) is 5.41 Å². The minimum atomic E-state index is -0.225. The summed E-state index contributed by atoms with van der Waals surface area (Å²) < 4.78 is 0. The van der Waals surface area contributed by atoms with E-state index in [-0.39, 0.29) is 23.5 Å². The summed E-state index contributed by atoms with van der Waals surface area (Å²) in [7, 11) is 0. The minimum absolute atomic E-state index is 0.0453. The van der Waals surface area contributed by atoms with E-state index in [1.54, 1.807) is 0 Å². The van der Waals surface area contributed by atoms with Crippen molar-refractivity contribution in [2.45, 2.75) is 39.5 Å². The normalized spacial score (nSPS) is 23.5. The number of allylic oxidation sites excluding steroid dienone is 2. The molecule has 0 unspecified atom stereocenters. The molecular formula is C14H18N2O2. The molecule has 0 radical (unpaired) electrons. The molecule has 1 aliphatic carbocycles. The lowest BCUT2D eigenvalue weighted by molar-refractivity contribution is -0.127. The highest BCUT2D eigenvalue weighted by atomic mass is 16.2. The van der Waals surface area contributed by atoms with E-state index in [1.807, 2.05) is 18.7 Å². The molecule has 0 aromatic carbocycles. The van der Waals surface area contributed by atoms with Gasteiger partial charge in [-0.15, -0.1) is 0 Å². The van der Waals surface area contributed by atoms with Crippen LogP contribution in [-0.4, -0.2) is 29.6 Å². The highest BCUT2D eigenvalue weighted by Crippen LogP contribution is 2.37. The van der Waals surface area contributed by atoms with Crippen molar-refractivity contribution in [3.63, 3.8) is 0 Å². The lowest BCUT2D eigenvalue weighted by Crippen LogP contribution is -2.34. The van der Waals surface area contributed by atoms with Crippen molar-refractivity contribution in [3.8, 4) is 6.07 Å². The number of ketones is 2. The predicted octanol–water partition coefficient (Wildman–Crippen LogP) is 1.82. The van der Waals surface area contributed by atoms with Gasteiger partial charge in [-0.3, -0.25) is 9.59 Å². The van der Waals surface area contributed by atoms with Gasteiger partial charge < -0.3 is 4.90 Å². The Morgan fingerprint density at radius 2 is 1.89 bits per heavy atom. The summed E-state index contributed by atoms with van der Waals surface area (Å²) in [6, 6.07) is 2.09. The summed E-state index contributed by atoms with van der Waals surface area (Å²) in [5, 5.41) is 8.77. The molecule has 0 atom stereocenters. The molecule has 1 saturated carbocycles. The van der Waals surface area contributed by atoms with Crippen molar-refractivity contribution in [3.05, 3.63) is 11.3 Å². The second-order valence-corrected chi connectivity index (χ2v) is 5.87. The summed E-state index contributed by atoms with van der Waals surface area (Å²) in [5.74, 6) is -0.0906. The number of hydrogen-bond donors (Lipinski definition) is 0. The summed E-state index contributed by atoms with van der Waals surface area (Å²) in [6.07, 6.45) is 2.52. The van der Waals surface area contributed by atoms with Crippen molar-refractivity contribution in [1.29, 1.82) is 5.26 Å². The number of Topliss-reactive ketones (excluding diaryl/α,β-unsaturated/α-hetero) is 2. The molecule has 0 spiro atoms. The van der Waals surface area contributed by atoms with E-state index in [4.69, 9.17) is 5.26 Å². The molecule has 0 aromatic rings. The molecule has 0 aromatic heterocycles. The van der Waals surface area contributed by atoms with Crippen molar-refractivity contribution >= 4 is 11.6 Å². The number of nitriles is 1. The largest absolute Gasteiger partial charge is 0.361 e. The van der Waals surface area contributed by atoms with Gasteiger partial charge in [0.2, 0.25) is 0 Å². The zero-order valence-corrected chi connectivity index (χ0v) is 11.0. The molecule has 4 heteroatoms. The van der Waals surface area contributed by atoms with E-state index in [0.717, 1.165) is 25.1 Å². The van der Waals surface area contributed by atoms with Crippen LogP contribution in [0.1, 0.15) is 39.5 Å². The Balaban J connectivity index is 2.35. The molecule has 18 heavy (non-hydrogen) atoms. The zero-order valence-electron chi connectivity index (χ0n) is 11.0. The first-order valence-electron chi connectivity index (χ1n) is 6.36. The maximum Gasteiger partial charge on any atom is 0.168 e. The van der Waals surface area contributed by atoms with Gasteiger partial charge >= 0.3 is 0 Å². The summed E-state index contributed by atoms with van der Waals surface area (Å²) in [4.78, 5) is 26.2. The second-order valence-electron chi connectivity index (χ2n) is 5.87. The Kier molecular flexibility index (Phi) is 3.25. The smallest absolute Gasteiger partial charge is 0.168 e. The van der Waals surface area contributed by atoms with Crippen LogP contribution in [0, 0.1) is 16.7 Å². The van der Waals surface area contributed by atoms with Crippen molar-refractivity contribution in [2.75, 3.05) is 13.1 Å². The predicted molar refractivity (Wildman–Crippen MR) is 66.5 cm³/mol. The van der Waals surface area contributed by atoms with E-state index < -0.39 is 0 Å². The van der Waals surface area contributed by atoms with Crippen LogP contribution in [0.3, 0.4) is 0 Å². The molecule has 1 saturated heterocycles. The molecule has 4 nitrogen and oxygen atoms in total. The molecule has 0 N–H and O–H groups in total. The third kappa shape index (κ3) is 2.31. The number of carbonyl (C=O) groups is 2. The molecule has 1 aliphatic heterocycles. The molecule has 2 rings (SSSR count). The highest BCUT2D eigenvalue weighted by Gasteiger charge is 2.38. The second kappa shape index (κ2) is 4.56. The van der Waals surface area contributed by atoms with Crippen LogP contribution in [0.5, 0.6) is 0 Å². The van der Waals surface area contributed by atoms with Gasteiger partial charge in [0.05, 0.1) is 11.6 Å². The first kappa shape index (κ1) is 12.8. The molecular weight excluding hydrogens is 228 g/mol. The van der Waals surface area contributed by atoms with Crippen molar-refractivity contribution in [1.82, 2.24) is 4.90 Å². The monoisotopic (exact) mass is 246 g/mol. The molecule has 96 valence electrons. The maximum atomic E-state index is 12.2. The fraction of sp³-hybridized carbons (Fsp3) is 0.643. The quantitative estimate of drug-likeness (QED) is 0.402. The molecule has 0 amide bonds. The fourth-order valence-corrected chi connectivity index (χ4v) is 2.86. The Hall–Kier alpha value is -1.63. The molecule has 0 bridgehead atoms. The highest BCUT2D eigenvalue weighted by molar-refractivity contribution is 6.22. The Labute approximate surface area is 107 Å². The van der Waals surface area contributed by atoms with E-state index in [2.05, 4.69) is 6.07 Å². The van der Waals surface area contributed by atoms with Crippen LogP contribution in [0.2, 0.25) is 0 Å². The third-order valence-electron chi connectivity index (χ3n) is 3.61. The number of rotatable bonds is 1. The average molecular weight is 246 g/mol. The van der Waals surface area contributed by atoms with Gasteiger partial charge in [-0.2, -0.15) is 5.26 Å². The Bertz CT molecular complexity index is 447. The van der Waals surface area contributed by atoms with E-state index in [9.17, 15) is 9.59 Å². The fourth-order valence-electron chi connectivity index (χ4n) is 2.86. The van der Waals surface area contributed by atoms with Gasteiger partial charge in [-0.1, -0.05) is 13.8 Å². The SMILES string of the molecule is CC1(C)CC(=O)C(=C2CCCN2CC#N)C(=O)C1. The number of carbonyl (C=O) groups excluding carboxylic acids is 2. The van der Waals surface area contributed by atoms with E-state index in [0.29, 0.717) is 18.4 Å². The van der Waals surface area contributed by atoms with Gasteiger partial charge in [0, 0.05) is 25.1 Å². The van der Waals surface area contributed by atoms with Crippen LogP contribution in [0.25, 0.3) is 0 Å². The van der Waals surface area contributed by atoms with E-state index in [1.165, 1.54) is 0 Å². The van der Waals surface area contributed by atoms with Crippen molar-refractivity contribution < 1.29 is 9.59 Å². The standard InChI is InChI=1S/C14H18N2O2/c1-14(2)8-11(17)13(12(18)9-14)10-4-3-6-16(10)7-5-15/h3-4,6-9H2,1-2H3. The summed E-state index contributed by atoms with van der Waals surface area (Å²) >= 11 is 0.